The average molecular weight is 531 g/mol. The second-order valence-electron chi connectivity index (χ2n) is 9.71. The Kier molecular flexibility index (Phi) is 7.98. The molecule has 0 unspecified atom stereocenters. The van der Waals surface area contributed by atoms with Gasteiger partial charge in [0, 0.05) is 42.2 Å². The van der Waals surface area contributed by atoms with E-state index >= 15 is 0 Å². The molecule has 2 N–H and O–H groups in total. The first kappa shape index (κ1) is 27.7. The maximum atomic E-state index is 13.2. The molecule has 0 fully saturated rings. The SMILES string of the molecule is Cc1c(C(=O)NCc2cccnc2)nn(C(C)C)c1Oc1ccc([N+](=O)[O-])cc1S(=O)(=O)NC(C)(C)C. The number of nitrogens with one attached hydrogen (secondary N) is 2. The minimum absolute atomic E-state index is 0.103. The number of nitro groups is 1. The minimum Gasteiger partial charge on any atom is -0.438 e. The number of nitro benzene ring substituents is 1. The molecule has 37 heavy (non-hydrogen) atoms. The second-order valence-corrected chi connectivity index (χ2v) is 11.4. The van der Waals surface area contributed by atoms with Crippen LogP contribution in [0.4, 0.5) is 5.69 Å². The Hall–Kier alpha value is -3.84. The number of hydrogen-bond acceptors (Lipinski definition) is 8. The maximum Gasteiger partial charge on any atom is 0.272 e. The Morgan fingerprint density at radius 1 is 1.24 bits per heavy atom. The normalized spacial score (nSPS) is 12.0. The molecule has 0 atom stereocenters. The predicted molar refractivity (Wildman–Crippen MR) is 136 cm³/mol. The van der Waals surface area contributed by atoms with E-state index in [-0.39, 0.29) is 29.9 Å². The molecular formula is C24H30N6O6S. The number of amides is 1. The van der Waals surface area contributed by atoms with Crippen LogP contribution < -0.4 is 14.8 Å². The summed E-state index contributed by atoms with van der Waals surface area (Å²) in [6.07, 6.45) is 3.27. The van der Waals surface area contributed by atoms with Crippen molar-refractivity contribution in [1.29, 1.82) is 0 Å². The van der Waals surface area contributed by atoms with E-state index in [9.17, 15) is 23.3 Å². The number of carbonyl (C=O) groups excluding carboxylic acids is 1. The zero-order chi connectivity index (χ0) is 27.5. The summed E-state index contributed by atoms with van der Waals surface area (Å²) < 4.78 is 36.3. The molecule has 2 aromatic heterocycles. The molecule has 3 aromatic rings. The highest BCUT2D eigenvalue weighted by molar-refractivity contribution is 7.89. The van der Waals surface area contributed by atoms with Crippen LogP contribution in [0.2, 0.25) is 0 Å². The van der Waals surface area contributed by atoms with Crippen molar-refractivity contribution in [1.82, 2.24) is 24.8 Å². The molecule has 13 heteroatoms. The number of rotatable bonds is 9. The highest BCUT2D eigenvalue weighted by atomic mass is 32.2. The van der Waals surface area contributed by atoms with Gasteiger partial charge in [0.2, 0.25) is 15.9 Å². The zero-order valence-corrected chi connectivity index (χ0v) is 22.3. The van der Waals surface area contributed by atoms with Gasteiger partial charge >= 0.3 is 0 Å². The number of carbonyl (C=O) groups is 1. The van der Waals surface area contributed by atoms with E-state index < -0.39 is 37.0 Å². The van der Waals surface area contributed by atoms with Crippen molar-refractivity contribution in [3.63, 3.8) is 0 Å². The van der Waals surface area contributed by atoms with E-state index in [1.165, 1.54) is 10.7 Å². The lowest BCUT2D eigenvalue weighted by atomic mass is 10.1. The van der Waals surface area contributed by atoms with Crippen molar-refractivity contribution in [2.45, 2.75) is 64.6 Å². The van der Waals surface area contributed by atoms with E-state index in [4.69, 9.17) is 4.74 Å². The number of benzene rings is 1. The topological polar surface area (TPSA) is 158 Å². The molecule has 12 nitrogen and oxygen atoms in total. The van der Waals surface area contributed by atoms with Crippen LogP contribution in [0, 0.1) is 17.0 Å². The van der Waals surface area contributed by atoms with Gasteiger partial charge in [0.1, 0.15) is 10.6 Å². The number of hydrogen-bond donors (Lipinski definition) is 2. The number of pyridine rings is 1. The molecule has 0 aliphatic heterocycles. The number of nitrogens with zero attached hydrogens (tertiary/aromatic N) is 4. The maximum absolute atomic E-state index is 13.2. The van der Waals surface area contributed by atoms with Gasteiger partial charge in [0.15, 0.2) is 5.69 Å². The Balaban J connectivity index is 2.03. The first-order valence-corrected chi connectivity index (χ1v) is 12.9. The number of aromatic nitrogens is 3. The summed E-state index contributed by atoms with van der Waals surface area (Å²) in [6.45, 7) is 10.5. The van der Waals surface area contributed by atoms with Gasteiger partial charge in [-0.05, 0) is 59.2 Å². The van der Waals surface area contributed by atoms with Gasteiger partial charge in [0.05, 0.1) is 11.0 Å². The van der Waals surface area contributed by atoms with Crippen molar-refractivity contribution < 1.29 is 22.9 Å². The van der Waals surface area contributed by atoms with E-state index in [1.807, 2.05) is 19.9 Å². The summed E-state index contributed by atoms with van der Waals surface area (Å²) in [5.74, 6) is -0.450. The first-order chi connectivity index (χ1) is 17.2. The van der Waals surface area contributed by atoms with Crippen LogP contribution in [0.3, 0.4) is 0 Å². The summed E-state index contributed by atoms with van der Waals surface area (Å²) in [7, 11) is -4.21. The van der Waals surface area contributed by atoms with Gasteiger partial charge in [-0.15, -0.1) is 0 Å². The highest BCUT2D eigenvalue weighted by Gasteiger charge is 2.30. The van der Waals surface area contributed by atoms with Crippen molar-refractivity contribution >= 4 is 21.6 Å². The molecule has 0 saturated carbocycles. The molecular weight excluding hydrogens is 500 g/mol. The Bertz CT molecular complexity index is 1410. The highest BCUT2D eigenvalue weighted by Crippen LogP contribution is 2.36. The average Bonchev–Trinajstić information content (AvgIpc) is 3.13. The summed E-state index contributed by atoms with van der Waals surface area (Å²) in [4.78, 5) is 27.2. The third-order valence-electron chi connectivity index (χ3n) is 5.05. The molecule has 0 aliphatic carbocycles. The molecule has 0 aliphatic rings. The molecule has 0 bridgehead atoms. The Labute approximate surface area is 215 Å². The molecule has 0 radical (unpaired) electrons. The standard InChI is InChI=1S/C24H30N6O6S/c1-15(2)29-23(16(3)21(27-29)22(31)26-14-17-8-7-11-25-13-17)36-19-10-9-18(30(32)33)12-20(19)37(34,35)28-24(4,5)6/h7-13,15,28H,14H2,1-6H3,(H,26,31). The van der Waals surface area contributed by atoms with Crippen LogP contribution in [0.1, 0.15) is 62.3 Å². The minimum atomic E-state index is -4.21. The molecule has 3 rings (SSSR count). The summed E-state index contributed by atoms with van der Waals surface area (Å²) in [5, 5.41) is 18.6. The van der Waals surface area contributed by atoms with Crippen molar-refractivity contribution in [2.75, 3.05) is 0 Å². The summed E-state index contributed by atoms with van der Waals surface area (Å²) >= 11 is 0. The fraction of sp³-hybridized carbons (Fsp3) is 0.375. The predicted octanol–water partition coefficient (Wildman–Crippen LogP) is 3.87. The van der Waals surface area contributed by atoms with Gasteiger partial charge in [-0.3, -0.25) is 19.9 Å². The van der Waals surface area contributed by atoms with E-state index in [0.717, 1.165) is 17.7 Å². The first-order valence-electron chi connectivity index (χ1n) is 11.5. The van der Waals surface area contributed by atoms with Gasteiger partial charge in [-0.2, -0.15) is 5.10 Å². The Morgan fingerprint density at radius 2 is 1.95 bits per heavy atom. The third kappa shape index (κ3) is 6.68. The van der Waals surface area contributed by atoms with Crippen LogP contribution >= 0.6 is 0 Å². The van der Waals surface area contributed by atoms with Gasteiger partial charge in [-0.1, -0.05) is 6.07 Å². The molecule has 0 spiro atoms. The third-order valence-corrected chi connectivity index (χ3v) is 6.83. The fourth-order valence-electron chi connectivity index (χ4n) is 3.43. The van der Waals surface area contributed by atoms with Crippen molar-refractivity contribution in [3.8, 4) is 11.6 Å². The molecule has 1 aromatic carbocycles. The largest absolute Gasteiger partial charge is 0.438 e. The number of sulfonamides is 1. The number of non-ortho nitro benzene ring substituents is 1. The molecule has 2 heterocycles. The summed E-state index contributed by atoms with van der Waals surface area (Å²) in [5.41, 5.74) is 0.0247. The quantitative estimate of drug-likeness (QED) is 0.312. The molecule has 0 saturated heterocycles. The second kappa shape index (κ2) is 10.6. The van der Waals surface area contributed by atoms with E-state index in [2.05, 4.69) is 20.1 Å². The van der Waals surface area contributed by atoms with Crippen molar-refractivity contribution in [3.05, 3.63) is 69.7 Å². The summed E-state index contributed by atoms with van der Waals surface area (Å²) in [6, 6.07) is 6.64. The van der Waals surface area contributed by atoms with Crippen LogP contribution in [-0.2, 0) is 16.6 Å². The zero-order valence-electron chi connectivity index (χ0n) is 21.5. The van der Waals surface area contributed by atoms with Crippen LogP contribution in [0.25, 0.3) is 0 Å². The molecule has 1 amide bonds. The van der Waals surface area contributed by atoms with Crippen LogP contribution in [0.15, 0.2) is 47.6 Å². The van der Waals surface area contributed by atoms with Gasteiger partial charge in [-0.25, -0.2) is 17.8 Å². The molecule has 198 valence electrons. The van der Waals surface area contributed by atoms with Crippen molar-refractivity contribution in [2.24, 2.45) is 0 Å². The fourth-order valence-corrected chi connectivity index (χ4v) is 4.99. The Morgan fingerprint density at radius 3 is 2.51 bits per heavy atom. The van der Waals surface area contributed by atoms with E-state index in [0.29, 0.717) is 5.56 Å². The number of ether oxygens (including phenoxy) is 1. The van der Waals surface area contributed by atoms with Crippen LogP contribution in [0.5, 0.6) is 11.6 Å². The smallest absolute Gasteiger partial charge is 0.272 e. The van der Waals surface area contributed by atoms with Gasteiger partial charge < -0.3 is 10.1 Å². The van der Waals surface area contributed by atoms with Gasteiger partial charge in [0.25, 0.3) is 11.6 Å². The lowest BCUT2D eigenvalue weighted by molar-refractivity contribution is -0.385. The lowest BCUT2D eigenvalue weighted by Crippen LogP contribution is -2.40. The monoisotopic (exact) mass is 530 g/mol. The lowest BCUT2D eigenvalue weighted by Gasteiger charge is -2.21. The van der Waals surface area contributed by atoms with Crippen LogP contribution in [-0.4, -0.2) is 39.6 Å². The van der Waals surface area contributed by atoms with E-state index in [1.54, 1.807) is 46.2 Å².